The van der Waals surface area contributed by atoms with E-state index in [0.717, 1.165) is 34.4 Å². The predicted molar refractivity (Wildman–Crippen MR) is 105 cm³/mol. The number of nitrogens with zero attached hydrogens (tertiary/aromatic N) is 5. The van der Waals surface area contributed by atoms with Crippen LogP contribution in [0.25, 0.3) is 22.8 Å². The third kappa shape index (κ3) is 3.60. The molecule has 0 aliphatic heterocycles. The van der Waals surface area contributed by atoms with Crippen molar-refractivity contribution >= 4 is 23.1 Å². The van der Waals surface area contributed by atoms with Crippen LogP contribution in [0.1, 0.15) is 12.7 Å². The van der Waals surface area contributed by atoms with Crippen LogP contribution < -0.4 is 4.74 Å². The largest absolute Gasteiger partial charge is 0.496 e. The molecule has 3 heterocycles. The first-order valence-corrected chi connectivity index (χ1v) is 10.3. The number of para-hydroxylation sites is 1. The normalized spacial score (nSPS) is 11.0. The molecule has 0 aliphatic carbocycles. The lowest BCUT2D eigenvalue weighted by Gasteiger charge is -2.09. The van der Waals surface area contributed by atoms with Gasteiger partial charge in [0.2, 0.25) is 0 Å². The highest BCUT2D eigenvalue weighted by Crippen LogP contribution is 2.31. The molecular formula is C18H17N5O2S2. The summed E-state index contributed by atoms with van der Waals surface area (Å²) in [5.74, 6) is 3.28. The molecule has 0 amide bonds. The standard InChI is InChI=1S/C18H17N5O2S2/c1-3-23-16(13-6-4-5-7-14(13)24-2)20-21-18(23)27-11-15-19-17(25-22-15)12-8-9-26-10-12/h4-10H,3,11H2,1-2H3. The molecule has 4 aromatic rings. The van der Waals surface area contributed by atoms with Crippen molar-refractivity contribution in [2.75, 3.05) is 7.11 Å². The zero-order valence-corrected chi connectivity index (χ0v) is 16.5. The monoisotopic (exact) mass is 399 g/mol. The van der Waals surface area contributed by atoms with Crippen LogP contribution in [0.3, 0.4) is 0 Å². The highest BCUT2D eigenvalue weighted by Gasteiger charge is 2.17. The molecular weight excluding hydrogens is 382 g/mol. The molecule has 0 N–H and O–H groups in total. The molecule has 0 radical (unpaired) electrons. The maximum absolute atomic E-state index is 5.46. The first kappa shape index (κ1) is 17.7. The molecule has 3 aromatic heterocycles. The predicted octanol–water partition coefficient (Wildman–Crippen LogP) is 4.38. The minimum atomic E-state index is 0.540. The summed E-state index contributed by atoms with van der Waals surface area (Å²) in [6.45, 7) is 2.81. The number of hydrogen-bond acceptors (Lipinski definition) is 8. The van der Waals surface area contributed by atoms with Crippen molar-refractivity contribution in [1.29, 1.82) is 0 Å². The van der Waals surface area contributed by atoms with Crippen molar-refractivity contribution in [2.45, 2.75) is 24.4 Å². The summed E-state index contributed by atoms with van der Waals surface area (Å²) in [6, 6.07) is 9.76. The lowest BCUT2D eigenvalue weighted by Crippen LogP contribution is -2.01. The van der Waals surface area contributed by atoms with Gasteiger partial charge >= 0.3 is 0 Å². The van der Waals surface area contributed by atoms with Gasteiger partial charge in [0.15, 0.2) is 16.8 Å². The van der Waals surface area contributed by atoms with Crippen molar-refractivity contribution in [3.05, 3.63) is 46.9 Å². The molecule has 0 spiro atoms. The lowest BCUT2D eigenvalue weighted by atomic mass is 10.2. The fourth-order valence-electron chi connectivity index (χ4n) is 2.65. The van der Waals surface area contributed by atoms with E-state index in [2.05, 4.69) is 31.8 Å². The van der Waals surface area contributed by atoms with Crippen molar-refractivity contribution in [3.8, 4) is 28.6 Å². The van der Waals surface area contributed by atoms with E-state index in [1.807, 2.05) is 41.1 Å². The maximum atomic E-state index is 5.46. The lowest BCUT2D eigenvalue weighted by molar-refractivity contribution is 0.416. The topological polar surface area (TPSA) is 78.9 Å². The molecule has 1 aromatic carbocycles. The van der Waals surface area contributed by atoms with Crippen LogP contribution in [0.2, 0.25) is 0 Å². The zero-order valence-electron chi connectivity index (χ0n) is 14.8. The van der Waals surface area contributed by atoms with Gasteiger partial charge in [0.05, 0.1) is 24.0 Å². The van der Waals surface area contributed by atoms with Gasteiger partial charge in [0, 0.05) is 11.9 Å². The van der Waals surface area contributed by atoms with Crippen LogP contribution in [0.5, 0.6) is 5.75 Å². The van der Waals surface area contributed by atoms with E-state index < -0.39 is 0 Å². The van der Waals surface area contributed by atoms with Gasteiger partial charge in [-0.25, -0.2) is 0 Å². The second-order valence-corrected chi connectivity index (χ2v) is 7.29. The third-order valence-electron chi connectivity index (χ3n) is 3.95. The highest BCUT2D eigenvalue weighted by molar-refractivity contribution is 7.98. The van der Waals surface area contributed by atoms with E-state index in [1.165, 1.54) is 11.8 Å². The van der Waals surface area contributed by atoms with Gasteiger partial charge in [-0.3, -0.25) is 0 Å². The van der Waals surface area contributed by atoms with Crippen molar-refractivity contribution < 1.29 is 9.26 Å². The molecule has 7 nitrogen and oxygen atoms in total. The fraction of sp³-hybridized carbons (Fsp3) is 0.222. The number of benzene rings is 1. The molecule has 0 saturated carbocycles. The van der Waals surface area contributed by atoms with Gasteiger partial charge in [0.25, 0.3) is 5.89 Å². The van der Waals surface area contributed by atoms with Gasteiger partial charge in [0.1, 0.15) is 5.75 Å². The molecule has 0 aliphatic rings. The average Bonchev–Trinajstić information content (AvgIpc) is 3.46. The quantitative estimate of drug-likeness (QED) is 0.427. The van der Waals surface area contributed by atoms with Gasteiger partial charge in [-0.2, -0.15) is 16.3 Å². The number of thioether (sulfide) groups is 1. The van der Waals surface area contributed by atoms with E-state index in [4.69, 9.17) is 9.26 Å². The Morgan fingerprint density at radius 2 is 2.11 bits per heavy atom. The Kier molecular flexibility index (Phi) is 5.21. The Morgan fingerprint density at radius 3 is 2.89 bits per heavy atom. The first-order chi connectivity index (χ1) is 13.3. The van der Waals surface area contributed by atoms with Crippen LogP contribution in [0.4, 0.5) is 0 Å². The minimum Gasteiger partial charge on any atom is -0.496 e. The number of aromatic nitrogens is 5. The summed E-state index contributed by atoms with van der Waals surface area (Å²) >= 11 is 3.13. The summed E-state index contributed by atoms with van der Waals surface area (Å²) < 4.78 is 12.8. The Hall–Kier alpha value is -2.65. The summed E-state index contributed by atoms with van der Waals surface area (Å²) in [6.07, 6.45) is 0. The second-order valence-electron chi connectivity index (χ2n) is 5.57. The zero-order chi connectivity index (χ0) is 18.6. The van der Waals surface area contributed by atoms with Gasteiger partial charge in [-0.1, -0.05) is 29.1 Å². The van der Waals surface area contributed by atoms with Gasteiger partial charge in [-0.15, -0.1) is 10.2 Å². The average molecular weight is 400 g/mol. The smallest absolute Gasteiger partial charge is 0.258 e. The molecule has 0 atom stereocenters. The number of hydrogen-bond donors (Lipinski definition) is 0. The van der Waals surface area contributed by atoms with Crippen LogP contribution in [-0.4, -0.2) is 32.0 Å². The fourth-order valence-corrected chi connectivity index (χ4v) is 4.13. The number of rotatable bonds is 7. The molecule has 0 saturated heterocycles. The molecule has 0 bridgehead atoms. The summed E-state index contributed by atoms with van der Waals surface area (Å²) in [5, 5.41) is 17.5. The molecule has 27 heavy (non-hydrogen) atoms. The first-order valence-electron chi connectivity index (χ1n) is 8.34. The van der Waals surface area contributed by atoms with Crippen LogP contribution in [0.15, 0.2) is 50.8 Å². The summed E-state index contributed by atoms with van der Waals surface area (Å²) in [7, 11) is 1.66. The maximum Gasteiger partial charge on any atom is 0.258 e. The van der Waals surface area contributed by atoms with E-state index >= 15 is 0 Å². The van der Waals surface area contributed by atoms with Crippen LogP contribution in [0, 0.1) is 0 Å². The molecule has 0 fully saturated rings. The van der Waals surface area contributed by atoms with Gasteiger partial charge in [-0.05, 0) is 30.5 Å². The number of methoxy groups -OCH3 is 1. The Bertz CT molecular complexity index is 1030. The van der Waals surface area contributed by atoms with Crippen LogP contribution in [-0.2, 0) is 12.3 Å². The Labute approximate surface area is 164 Å². The van der Waals surface area contributed by atoms with Gasteiger partial charge < -0.3 is 13.8 Å². The van der Waals surface area contributed by atoms with Crippen molar-refractivity contribution in [1.82, 2.24) is 24.9 Å². The van der Waals surface area contributed by atoms with E-state index in [1.54, 1.807) is 18.4 Å². The van der Waals surface area contributed by atoms with Crippen molar-refractivity contribution in [2.24, 2.45) is 0 Å². The number of ether oxygens (including phenoxy) is 1. The van der Waals surface area contributed by atoms with Crippen LogP contribution >= 0.6 is 23.1 Å². The molecule has 4 rings (SSSR count). The van der Waals surface area contributed by atoms with Crippen molar-refractivity contribution in [3.63, 3.8) is 0 Å². The minimum absolute atomic E-state index is 0.540. The second kappa shape index (κ2) is 7.93. The van der Waals surface area contributed by atoms with E-state index in [9.17, 15) is 0 Å². The Morgan fingerprint density at radius 1 is 1.22 bits per heavy atom. The summed E-state index contributed by atoms with van der Waals surface area (Å²) in [5.41, 5.74) is 1.86. The Balaban J connectivity index is 1.54. The molecule has 9 heteroatoms. The highest BCUT2D eigenvalue weighted by atomic mass is 32.2. The third-order valence-corrected chi connectivity index (χ3v) is 5.59. The SMILES string of the molecule is CCn1c(SCc2noc(-c3ccsc3)n2)nnc1-c1ccccc1OC. The number of thiophene rings is 1. The molecule has 138 valence electrons. The van der Waals surface area contributed by atoms with E-state index in [-0.39, 0.29) is 0 Å². The summed E-state index contributed by atoms with van der Waals surface area (Å²) in [4.78, 5) is 4.45. The molecule has 0 unspecified atom stereocenters. The van der Waals surface area contributed by atoms with E-state index in [0.29, 0.717) is 17.5 Å².